The highest BCUT2D eigenvalue weighted by Gasteiger charge is 2.27. The second kappa shape index (κ2) is 10.8. The zero-order chi connectivity index (χ0) is 31.1. The maximum absolute atomic E-state index is 15.0. The van der Waals surface area contributed by atoms with E-state index in [0.717, 1.165) is 10.7 Å². The summed E-state index contributed by atoms with van der Waals surface area (Å²) in [6.07, 6.45) is 3.19. The van der Waals surface area contributed by atoms with Crippen LogP contribution in [0.15, 0.2) is 68.9 Å². The minimum atomic E-state index is -1.26. The van der Waals surface area contributed by atoms with Crippen LogP contribution in [0.1, 0.15) is 23.2 Å². The van der Waals surface area contributed by atoms with Gasteiger partial charge in [-0.25, -0.2) is 28.4 Å². The number of anilines is 2. The Labute approximate surface area is 244 Å². The van der Waals surface area contributed by atoms with Crippen molar-refractivity contribution in [2.75, 3.05) is 17.7 Å². The molecule has 2 aromatic carbocycles. The number of esters is 1. The number of aromatic nitrogens is 8. The second-order valence-corrected chi connectivity index (χ2v) is 9.21. The van der Waals surface area contributed by atoms with Gasteiger partial charge in [0.25, 0.3) is 5.56 Å². The Morgan fingerprint density at radius 1 is 1.14 bits per heavy atom. The highest BCUT2D eigenvalue weighted by atomic mass is 19.1. The Bertz CT molecular complexity index is 2210. The molecule has 0 spiro atoms. The van der Waals surface area contributed by atoms with Crippen molar-refractivity contribution < 1.29 is 23.1 Å². The molecule has 1 amide bonds. The van der Waals surface area contributed by atoms with Crippen molar-refractivity contribution in [1.29, 1.82) is 0 Å². The number of hydrogen-bond acceptors (Lipinski definition) is 11. The molecule has 0 aliphatic heterocycles. The summed E-state index contributed by atoms with van der Waals surface area (Å²) in [5, 5.41) is 13.9. The van der Waals surface area contributed by atoms with Crippen molar-refractivity contribution in [3.05, 3.63) is 93.0 Å². The molecule has 0 fully saturated rings. The van der Waals surface area contributed by atoms with Crippen LogP contribution in [0.3, 0.4) is 0 Å². The zero-order valence-corrected chi connectivity index (χ0v) is 22.9. The Balaban J connectivity index is 1.46. The number of imidazole rings is 1. The van der Waals surface area contributed by atoms with E-state index in [1.165, 1.54) is 18.2 Å². The third-order valence-electron chi connectivity index (χ3n) is 6.47. The molecule has 0 saturated carbocycles. The van der Waals surface area contributed by atoms with Gasteiger partial charge in [0, 0.05) is 29.7 Å². The lowest BCUT2D eigenvalue weighted by Gasteiger charge is -2.11. The van der Waals surface area contributed by atoms with E-state index in [2.05, 4.69) is 30.6 Å². The number of hydrogen-bond donors (Lipinski definition) is 3. The van der Waals surface area contributed by atoms with Gasteiger partial charge < -0.3 is 29.8 Å². The molecule has 222 valence electrons. The number of H-pyrrole nitrogens is 1. The lowest BCUT2D eigenvalue weighted by Crippen LogP contribution is -2.42. The average Bonchev–Trinajstić information content (AvgIpc) is 3.73. The summed E-state index contributed by atoms with van der Waals surface area (Å²) in [5.41, 5.74) is 2.92. The molecular weight excluding hydrogens is 579 g/mol. The van der Waals surface area contributed by atoms with Crippen LogP contribution >= 0.6 is 0 Å². The molecule has 0 radical (unpaired) electrons. The van der Waals surface area contributed by atoms with Crippen molar-refractivity contribution in [2.24, 2.45) is 0 Å². The van der Waals surface area contributed by atoms with Crippen LogP contribution in [-0.4, -0.2) is 57.7 Å². The smallest absolute Gasteiger partial charge is 0.361 e. The van der Waals surface area contributed by atoms with Gasteiger partial charge in [0.2, 0.25) is 5.89 Å². The summed E-state index contributed by atoms with van der Waals surface area (Å²) in [7, 11) is 0. The quantitative estimate of drug-likeness (QED) is 0.236. The molecule has 0 atom stereocenters. The van der Waals surface area contributed by atoms with Crippen LogP contribution < -0.4 is 22.3 Å². The minimum Gasteiger partial charge on any atom is -0.461 e. The molecule has 0 unspecified atom stereocenters. The molecule has 6 rings (SSSR count). The van der Waals surface area contributed by atoms with E-state index in [4.69, 9.17) is 14.9 Å². The summed E-state index contributed by atoms with van der Waals surface area (Å²) in [5.74, 6) is -1.08. The normalized spacial score (nSPS) is 11.2. The predicted molar refractivity (Wildman–Crippen MR) is 152 cm³/mol. The van der Waals surface area contributed by atoms with E-state index in [9.17, 15) is 19.2 Å². The van der Waals surface area contributed by atoms with Crippen LogP contribution in [0.5, 0.6) is 0 Å². The first-order valence-corrected chi connectivity index (χ1v) is 12.9. The fourth-order valence-electron chi connectivity index (χ4n) is 4.51. The van der Waals surface area contributed by atoms with Gasteiger partial charge >= 0.3 is 23.7 Å². The molecule has 6 aromatic rings. The molecule has 0 bridgehead atoms. The molecule has 44 heavy (non-hydrogen) atoms. The first-order chi connectivity index (χ1) is 21.2. The molecule has 0 aliphatic carbocycles. The van der Waals surface area contributed by atoms with Gasteiger partial charge in [0.1, 0.15) is 17.2 Å². The predicted octanol–water partition coefficient (Wildman–Crippen LogP) is 2.40. The number of halogens is 1. The number of carbonyl (C=O) groups is 2. The molecule has 4 aromatic heterocycles. The lowest BCUT2D eigenvalue weighted by atomic mass is 10.2. The Kier molecular flexibility index (Phi) is 6.81. The van der Waals surface area contributed by atoms with Gasteiger partial charge in [-0.3, -0.25) is 4.79 Å². The topological polar surface area (TPSA) is 211 Å². The number of nitrogens with two attached hydrogens (primary N) is 1. The van der Waals surface area contributed by atoms with Crippen LogP contribution in [0.25, 0.3) is 33.9 Å². The molecule has 0 aliphatic rings. The summed E-state index contributed by atoms with van der Waals surface area (Å²) in [4.78, 5) is 59.3. The number of nitrogen functional groups attached to an aromatic ring is 1. The number of aromatic amines is 1. The highest BCUT2D eigenvalue weighted by Crippen LogP contribution is 2.24. The Hall–Kier alpha value is -6.39. The number of nitrogens with zero attached hydrogens (tertiary/aromatic N) is 7. The number of nitrogens with one attached hydrogen (secondary N) is 2. The minimum absolute atomic E-state index is 0.0181. The van der Waals surface area contributed by atoms with Crippen LogP contribution in [0.2, 0.25) is 0 Å². The van der Waals surface area contributed by atoms with Gasteiger partial charge in [-0.2, -0.15) is 9.67 Å². The van der Waals surface area contributed by atoms with E-state index in [1.807, 2.05) is 0 Å². The third-order valence-corrected chi connectivity index (χ3v) is 6.47. The van der Waals surface area contributed by atoms with E-state index >= 15 is 4.39 Å². The van der Waals surface area contributed by atoms with Crippen LogP contribution in [0.4, 0.5) is 20.9 Å². The van der Waals surface area contributed by atoms with E-state index < -0.39 is 29.1 Å². The standard InChI is InChI=1S/C27H21FN10O6/c1-3-43-24(40)20-19-21(38(35-20)16-6-4-5-14(11-16)22-33-34-25(29)44-22)23(39)37(27(42)32-19)26(41)31-18-8-7-15(12-17(18)28)36-10-9-30-13(36)2/h4-12H,3H2,1-2H3,(H2,29,34)(H,31,41)(H,32,42). The van der Waals surface area contributed by atoms with Gasteiger partial charge in [-0.15, -0.1) is 5.10 Å². The van der Waals surface area contributed by atoms with E-state index in [0.29, 0.717) is 17.1 Å². The van der Waals surface area contributed by atoms with Gasteiger partial charge in [-0.1, -0.05) is 11.2 Å². The molecule has 17 heteroatoms. The van der Waals surface area contributed by atoms with Crippen LogP contribution in [-0.2, 0) is 4.74 Å². The lowest BCUT2D eigenvalue weighted by molar-refractivity contribution is 0.0521. The van der Waals surface area contributed by atoms with Crippen molar-refractivity contribution in [2.45, 2.75) is 13.8 Å². The first kappa shape index (κ1) is 27.8. The molecule has 0 saturated heterocycles. The first-order valence-electron chi connectivity index (χ1n) is 12.9. The maximum atomic E-state index is 15.0. The summed E-state index contributed by atoms with van der Waals surface area (Å²) < 4.78 is 28.2. The van der Waals surface area contributed by atoms with Gasteiger partial charge in [0.05, 0.1) is 18.0 Å². The molecule has 4 N–H and O–H groups in total. The van der Waals surface area contributed by atoms with Crippen molar-refractivity contribution in [3.8, 4) is 22.8 Å². The number of carbonyl (C=O) groups excluding carboxylic acids is 2. The molecule has 4 heterocycles. The zero-order valence-electron chi connectivity index (χ0n) is 22.9. The number of benzene rings is 2. The SMILES string of the molecule is CCOC(=O)c1nn(-c2cccc(-c3nnc(N)o3)c2)c2c(=O)n(C(=O)Nc3ccc(-n4ccnc4C)cc3F)c(=O)[nH]c12. The number of ether oxygens (including phenoxy) is 1. The Morgan fingerprint density at radius 3 is 2.64 bits per heavy atom. The number of amides is 1. The van der Waals surface area contributed by atoms with Gasteiger partial charge in [0.15, 0.2) is 11.2 Å². The second-order valence-electron chi connectivity index (χ2n) is 9.21. The number of rotatable bonds is 6. The van der Waals surface area contributed by atoms with E-state index in [1.54, 1.807) is 49.0 Å². The number of fused-ring (bicyclic) bond motifs is 1. The maximum Gasteiger partial charge on any atom is 0.361 e. The Morgan fingerprint density at radius 2 is 1.95 bits per heavy atom. The fourth-order valence-corrected chi connectivity index (χ4v) is 4.51. The summed E-state index contributed by atoms with van der Waals surface area (Å²) >= 11 is 0. The monoisotopic (exact) mass is 600 g/mol. The molecular formula is C27H21FN10O6. The number of aryl methyl sites for hydroxylation is 1. The van der Waals surface area contributed by atoms with Crippen molar-refractivity contribution >= 4 is 34.7 Å². The largest absolute Gasteiger partial charge is 0.461 e. The summed E-state index contributed by atoms with van der Waals surface area (Å²) in [6, 6.07) is 8.77. The van der Waals surface area contributed by atoms with Crippen LogP contribution in [0, 0.1) is 12.7 Å². The van der Waals surface area contributed by atoms with E-state index in [-0.39, 0.29) is 51.2 Å². The van der Waals surface area contributed by atoms with Crippen molar-refractivity contribution in [3.63, 3.8) is 0 Å². The van der Waals surface area contributed by atoms with Crippen molar-refractivity contribution in [1.82, 2.24) is 39.1 Å². The van der Waals surface area contributed by atoms with Gasteiger partial charge in [-0.05, 0) is 44.2 Å². The average molecular weight is 601 g/mol. The fraction of sp³-hybridized carbons (Fsp3) is 0.111. The third kappa shape index (κ3) is 4.77. The highest BCUT2D eigenvalue weighted by molar-refractivity contribution is 6.01. The molecule has 16 nitrogen and oxygen atoms in total. The summed E-state index contributed by atoms with van der Waals surface area (Å²) in [6.45, 7) is 3.28.